The van der Waals surface area contributed by atoms with Gasteiger partial charge in [-0.25, -0.2) is 4.39 Å². The molecular weight excluding hydrogens is 467 g/mol. The smallest absolute Gasteiger partial charge is 0.147 e. The molecule has 0 bridgehead atoms. The summed E-state index contributed by atoms with van der Waals surface area (Å²) in [6.07, 6.45) is 8.52. The minimum absolute atomic E-state index is 0.275. The van der Waals surface area contributed by atoms with E-state index in [9.17, 15) is 0 Å². The maximum absolute atomic E-state index is 15.8. The van der Waals surface area contributed by atoms with E-state index < -0.39 is 0 Å². The number of anilines is 3. The Bertz CT molecular complexity index is 1620. The van der Waals surface area contributed by atoms with Crippen LogP contribution in [0, 0.1) is 12.7 Å². The second-order valence-electron chi connectivity index (χ2n) is 9.55. The summed E-state index contributed by atoms with van der Waals surface area (Å²) in [5, 5.41) is 0. The highest BCUT2D eigenvalue weighted by Gasteiger charge is 2.19. The van der Waals surface area contributed by atoms with Gasteiger partial charge in [0, 0.05) is 11.9 Å². The molecule has 0 atom stereocenters. The van der Waals surface area contributed by atoms with Crippen LogP contribution in [-0.2, 0) is 0 Å². The van der Waals surface area contributed by atoms with Crippen LogP contribution in [0.5, 0.6) is 0 Å². The molecule has 1 aliphatic rings. The number of rotatable bonds is 6. The van der Waals surface area contributed by atoms with Gasteiger partial charge in [0.2, 0.25) is 0 Å². The molecule has 0 aliphatic heterocycles. The van der Waals surface area contributed by atoms with Crippen LogP contribution in [0.4, 0.5) is 21.5 Å². The molecule has 5 aromatic rings. The largest absolute Gasteiger partial charge is 0.306 e. The average molecular weight is 495 g/mol. The van der Waals surface area contributed by atoms with E-state index in [1.807, 2.05) is 59.5 Å². The lowest BCUT2D eigenvalue weighted by molar-refractivity contribution is 0.628. The predicted molar refractivity (Wildman–Crippen MR) is 156 cm³/mol. The molecule has 0 radical (unpaired) electrons. The lowest BCUT2D eigenvalue weighted by Crippen LogP contribution is -2.12. The van der Waals surface area contributed by atoms with Crippen molar-refractivity contribution in [2.45, 2.75) is 13.3 Å². The van der Waals surface area contributed by atoms with Gasteiger partial charge in [-0.05, 0) is 83.1 Å². The zero-order valence-corrected chi connectivity index (χ0v) is 21.2. The molecule has 1 aromatic heterocycles. The van der Waals surface area contributed by atoms with Crippen molar-refractivity contribution in [2.75, 3.05) is 4.90 Å². The highest BCUT2D eigenvalue weighted by atomic mass is 19.1. The highest BCUT2D eigenvalue weighted by Crippen LogP contribution is 2.39. The molecule has 0 saturated heterocycles. The van der Waals surface area contributed by atoms with E-state index in [0.29, 0.717) is 5.69 Å². The third-order valence-corrected chi connectivity index (χ3v) is 6.99. The SMILES string of the molecule is Cc1ccc(C2=CC=C(c3ccc(N(c4ccc(-c5ccccc5)cc4)c4cccnc4)c(F)c3)C2)cc1. The van der Waals surface area contributed by atoms with Crippen molar-refractivity contribution in [2.24, 2.45) is 0 Å². The van der Waals surface area contributed by atoms with Gasteiger partial charge < -0.3 is 4.90 Å². The summed E-state index contributed by atoms with van der Waals surface area (Å²) in [7, 11) is 0. The number of aryl methyl sites for hydroxylation is 1. The van der Waals surface area contributed by atoms with Crippen molar-refractivity contribution < 1.29 is 4.39 Å². The monoisotopic (exact) mass is 494 g/mol. The Balaban J connectivity index is 1.30. The van der Waals surface area contributed by atoms with E-state index in [4.69, 9.17) is 0 Å². The number of allylic oxidation sites excluding steroid dienone is 4. The number of pyridine rings is 1. The number of benzene rings is 4. The maximum Gasteiger partial charge on any atom is 0.147 e. The van der Waals surface area contributed by atoms with Crippen LogP contribution in [-0.4, -0.2) is 4.98 Å². The standard InChI is InChI=1S/C35H27FN2/c1-25-9-11-28(12-10-25)29-13-14-30(22-29)31-17-20-35(34(36)23-31)38(33-8-5-21-37-24-33)32-18-15-27(16-19-32)26-6-3-2-4-7-26/h2-21,23-24H,22H2,1H3. The van der Waals surface area contributed by atoms with Crippen molar-refractivity contribution >= 4 is 28.2 Å². The zero-order valence-electron chi connectivity index (χ0n) is 21.2. The van der Waals surface area contributed by atoms with Crippen molar-refractivity contribution in [1.29, 1.82) is 0 Å². The van der Waals surface area contributed by atoms with E-state index >= 15 is 4.39 Å². The summed E-state index contributed by atoms with van der Waals surface area (Å²) in [5.74, 6) is -0.275. The summed E-state index contributed by atoms with van der Waals surface area (Å²) in [5.41, 5.74) is 10.1. The van der Waals surface area contributed by atoms with E-state index in [-0.39, 0.29) is 5.82 Å². The molecule has 4 aromatic carbocycles. The Kier molecular flexibility index (Phi) is 6.41. The molecule has 6 rings (SSSR count). The molecule has 0 N–H and O–H groups in total. The molecule has 0 fully saturated rings. The molecule has 38 heavy (non-hydrogen) atoms. The summed E-state index contributed by atoms with van der Waals surface area (Å²) in [6, 6.07) is 36.3. The van der Waals surface area contributed by atoms with Gasteiger partial charge in [-0.1, -0.05) is 90.5 Å². The van der Waals surface area contributed by atoms with Crippen LogP contribution in [0.3, 0.4) is 0 Å². The van der Waals surface area contributed by atoms with Crippen molar-refractivity contribution in [3.63, 3.8) is 0 Å². The molecule has 0 spiro atoms. The Morgan fingerprint density at radius 1 is 0.632 bits per heavy atom. The van der Waals surface area contributed by atoms with Gasteiger partial charge >= 0.3 is 0 Å². The van der Waals surface area contributed by atoms with E-state index in [1.54, 1.807) is 18.5 Å². The Morgan fingerprint density at radius 2 is 1.29 bits per heavy atom. The van der Waals surface area contributed by atoms with E-state index in [2.05, 4.69) is 72.6 Å². The minimum Gasteiger partial charge on any atom is -0.306 e. The van der Waals surface area contributed by atoms with Gasteiger partial charge in [-0.2, -0.15) is 0 Å². The lowest BCUT2D eigenvalue weighted by Gasteiger charge is -2.26. The zero-order chi connectivity index (χ0) is 25.9. The Morgan fingerprint density at radius 3 is 1.97 bits per heavy atom. The normalized spacial score (nSPS) is 12.7. The number of aromatic nitrogens is 1. The number of nitrogens with zero attached hydrogens (tertiary/aromatic N) is 2. The molecule has 1 aliphatic carbocycles. The molecule has 0 unspecified atom stereocenters. The van der Waals surface area contributed by atoms with Crippen LogP contribution in [0.1, 0.15) is 23.1 Å². The summed E-state index contributed by atoms with van der Waals surface area (Å²) < 4.78 is 15.8. The van der Waals surface area contributed by atoms with Crippen LogP contribution >= 0.6 is 0 Å². The Hall–Kier alpha value is -4.76. The van der Waals surface area contributed by atoms with Crippen molar-refractivity contribution in [3.8, 4) is 11.1 Å². The van der Waals surface area contributed by atoms with Crippen LogP contribution in [0.25, 0.3) is 22.3 Å². The van der Waals surface area contributed by atoms with Crippen molar-refractivity contribution in [3.05, 3.63) is 156 Å². The quantitative estimate of drug-likeness (QED) is 0.234. The first-order valence-corrected chi connectivity index (χ1v) is 12.8. The van der Waals surface area contributed by atoms with Gasteiger partial charge in [0.1, 0.15) is 5.82 Å². The minimum atomic E-state index is -0.275. The third kappa shape index (κ3) is 4.79. The first-order chi connectivity index (χ1) is 18.7. The van der Waals surface area contributed by atoms with E-state index in [0.717, 1.165) is 40.1 Å². The fourth-order valence-corrected chi connectivity index (χ4v) is 4.92. The first-order valence-electron chi connectivity index (χ1n) is 12.8. The molecular formula is C35H27FN2. The fourth-order valence-electron chi connectivity index (χ4n) is 4.92. The number of halogens is 1. The number of hydrogen-bond donors (Lipinski definition) is 0. The maximum atomic E-state index is 15.8. The van der Waals surface area contributed by atoms with Crippen LogP contribution in [0.2, 0.25) is 0 Å². The van der Waals surface area contributed by atoms with Gasteiger partial charge in [-0.3, -0.25) is 4.98 Å². The second-order valence-corrected chi connectivity index (χ2v) is 9.55. The van der Waals surface area contributed by atoms with Gasteiger partial charge in [0.15, 0.2) is 0 Å². The van der Waals surface area contributed by atoms with E-state index in [1.165, 1.54) is 16.7 Å². The molecule has 0 saturated carbocycles. The number of hydrogen-bond acceptors (Lipinski definition) is 2. The second kappa shape index (κ2) is 10.3. The van der Waals surface area contributed by atoms with Crippen LogP contribution < -0.4 is 4.90 Å². The molecule has 1 heterocycles. The van der Waals surface area contributed by atoms with Crippen molar-refractivity contribution in [1.82, 2.24) is 4.98 Å². The Labute approximate surface area is 223 Å². The topological polar surface area (TPSA) is 16.1 Å². The van der Waals surface area contributed by atoms with Crippen LogP contribution in [0.15, 0.2) is 134 Å². The van der Waals surface area contributed by atoms with Gasteiger partial charge in [0.25, 0.3) is 0 Å². The third-order valence-electron chi connectivity index (χ3n) is 6.99. The predicted octanol–water partition coefficient (Wildman–Crippen LogP) is 9.54. The van der Waals surface area contributed by atoms with Gasteiger partial charge in [-0.15, -0.1) is 0 Å². The van der Waals surface area contributed by atoms with Gasteiger partial charge in [0.05, 0.1) is 17.6 Å². The highest BCUT2D eigenvalue weighted by molar-refractivity contribution is 5.87. The molecule has 184 valence electrons. The average Bonchev–Trinajstić information content (AvgIpc) is 3.46. The first kappa shape index (κ1) is 23.6. The summed E-state index contributed by atoms with van der Waals surface area (Å²) in [4.78, 5) is 6.21. The molecule has 0 amide bonds. The fraction of sp³-hybridized carbons (Fsp3) is 0.0571. The summed E-state index contributed by atoms with van der Waals surface area (Å²) >= 11 is 0. The molecule has 3 heteroatoms. The lowest BCUT2D eigenvalue weighted by atomic mass is 9.98. The summed E-state index contributed by atoms with van der Waals surface area (Å²) in [6.45, 7) is 2.09. The molecule has 2 nitrogen and oxygen atoms in total.